The van der Waals surface area contributed by atoms with Crippen LogP contribution in [0.5, 0.6) is 0 Å². The Hall–Kier alpha value is -1.40. The first kappa shape index (κ1) is 18.4. The van der Waals surface area contributed by atoms with E-state index in [-0.39, 0.29) is 5.91 Å². The van der Waals surface area contributed by atoms with E-state index in [1.54, 1.807) is 6.07 Å². The fraction of sp³-hybridized carbons (Fsp3) is 0.684. The zero-order chi connectivity index (χ0) is 18.0. The largest absolute Gasteiger partial charge is 0.477 e. The van der Waals surface area contributed by atoms with Crippen LogP contribution in [0.4, 0.5) is 0 Å². The van der Waals surface area contributed by atoms with Crippen molar-refractivity contribution in [2.45, 2.75) is 58.0 Å². The average molecular weight is 365 g/mol. The highest BCUT2D eigenvalue weighted by Gasteiger charge is 2.43. The summed E-state index contributed by atoms with van der Waals surface area (Å²) in [7, 11) is 0. The maximum atomic E-state index is 12.4. The number of piperidine rings is 1. The summed E-state index contributed by atoms with van der Waals surface area (Å²) in [6.07, 6.45) is 4.96. The standard InChI is InChI=1S/C19H27NO4S/c1-13(2)4-3-5-17(21)20-9-7-19(8-10-20)14-12-16(18(22)23)25-15(14)6-11-24-19/h12-13H,3-11H2,1-2H3,(H,22,23). The second-order valence-corrected chi connectivity index (χ2v) is 8.65. The summed E-state index contributed by atoms with van der Waals surface area (Å²) in [4.78, 5) is 27.2. The second-order valence-electron chi connectivity index (χ2n) is 7.51. The third-order valence-corrected chi connectivity index (χ3v) is 6.50. The molecule has 1 N–H and O–H groups in total. The quantitative estimate of drug-likeness (QED) is 0.865. The van der Waals surface area contributed by atoms with Crippen molar-refractivity contribution in [3.05, 3.63) is 21.4 Å². The SMILES string of the molecule is CC(C)CCCC(=O)N1CCC2(CC1)OCCc1sc(C(=O)O)cc12. The Balaban J connectivity index is 1.64. The smallest absolute Gasteiger partial charge is 0.345 e. The Morgan fingerprint density at radius 1 is 1.36 bits per heavy atom. The lowest BCUT2D eigenvalue weighted by molar-refractivity contribution is -0.140. The van der Waals surface area contributed by atoms with Gasteiger partial charge in [-0.1, -0.05) is 20.3 Å². The van der Waals surface area contributed by atoms with Crippen LogP contribution in [0.1, 0.15) is 66.1 Å². The second kappa shape index (κ2) is 7.46. The number of nitrogens with zero attached hydrogens (tertiary/aromatic N) is 1. The van der Waals surface area contributed by atoms with Crippen LogP contribution in [0.3, 0.4) is 0 Å². The van der Waals surface area contributed by atoms with Crippen LogP contribution in [-0.2, 0) is 21.6 Å². The maximum absolute atomic E-state index is 12.4. The average Bonchev–Trinajstić information content (AvgIpc) is 3.01. The van der Waals surface area contributed by atoms with E-state index in [4.69, 9.17) is 4.74 Å². The number of hydrogen-bond donors (Lipinski definition) is 1. The minimum atomic E-state index is -0.868. The number of thiophene rings is 1. The molecule has 1 amide bonds. The molecule has 3 heterocycles. The number of likely N-dealkylation sites (tertiary alicyclic amines) is 1. The normalized spacial score (nSPS) is 19.2. The molecule has 1 fully saturated rings. The molecular formula is C19H27NO4S. The molecule has 0 radical (unpaired) electrons. The molecule has 0 bridgehead atoms. The number of carboxylic acid groups (broad SMARTS) is 1. The first-order valence-corrected chi connectivity index (χ1v) is 10.0. The van der Waals surface area contributed by atoms with E-state index in [1.807, 2.05) is 4.90 Å². The molecule has 0 aliphatic carbocycles. The lowest BCUT2D eigenvalue weighted by atomic mass is 9.82. The molecule has 1 saturated heterocycles. The van der Waals surface area contributed by atoms with Crippen molar-refractivity contribution in [1.29, 1.82) is 0 Å². The molecule has 2 aliphatic heterocycles. The molecule has 0 saturated carbocycles. The minimum Gasteiger partial charge on any atom is -0.477 e. The lowest BCUT2D eigenvalue weighted by Gasteiger charge is -2.44. The maximum Gasteiger partial charge on any atom is 0.345 e. The van der Waals surface area contributed by atoms with Gasteiger partial charge in [-0.2, -0.15) is 0 Å². The van der Waals surface area contributed by atoms with Crippen LogP contribution in [0.15, 0.2) is 6.07 Å². The van der Waals surface area contributed by atoms with Crippen LogP contribution in [0.25, 0.3) is 0 Å². The summed E-state index contributed by atoms with van der Waals surface area (Å²) in [6.45, 7) is 6.38. The summed E-state index contributed by atoms with van der Waals surface area (Å²) in [5.41, 5.74) is 0.653. The third-order valence-electron chi connectivity index (χ3n) is 5.31. The van der Waals surface area contributed by atoms with Crippen LogP contribution >= 0.6 is 11.3 Å². The monoisotopic (exact) mass is 365 g/mol. The van der Waals surface area contributed by atoms with Gasteiger partial charge in [-0.05, 0) is 36.8 Å². The fourth-order valence-corrected chi connectivity index (χ4v) is 4.94. The summed E-state index contributed by atoms with van der Waals surface area (Å²) in [5, 5.41) is 9.27. The highest BCUT2D eigenvalue weighted by molar-refractivity contribution is 7.14. The topological polar surface area (TPSA) is 66.8 Å². The lowest BCUT2D eigenvalue weighted by Crippen LogP contribution is -2.48. The Morgan fingerprint density at radius 3 is 2.72 bits per heavy atom. The number of carbonyl (C=O) groups is 2. The van der Waals surface area contributed by atoms with E-state index in [2.05, 4.69) is 13.8 Å². The first-order chi connectivity index (χ1) is 11.9. The molecule has 1 aromatic rings. The minimum absolute atomic E-state index is 0.239. The number of aromatic carboxylic acids is 1. The van der Waals surface area contributed by atoms with Crippen molar-refractivity contribution < 1.29 is 19.4 Å². The van der Waals surface area contributed by atoms with Crippen LogP contribution in [-0.4, -0.2) is 41.6 Å². The van der Waals surface area contributed by atoms with Gasteiger partial charge >= 0.3 is 5.97 Å². The van der Waals surface area contributed by atoms with E-state index in [0.29, 0.717) is 36.9 Å². The number of ether oxygens (including phenoxy) is 1. The van der Waals surface area contributed by atoms with Gasteiger partial charge in [0.05, 0.1) is 12.2 Å². The number of carboxylic acids is 1. The predicted molar refractivity (Wildman–Crippen MR) is 97.1 cm³/mol. The summed E-state index contributed by atoms with van der Waals surface area (Å²) >= 11 is 1.37. The van der Waals surface area contributed by atoms with Gasteiger partial charge < -0.3 is 14.7 Å². The molecule has 5 nitrogen and oxygen atoms in total. The number of rotatable bonds is 5. The van der Waals surface area contributed by atoms with Gasteiger partial charge in [0, 0.05) is 30.8 Å². The van der Waals surface area contributed by atoms with Gasteiger partial charge in [0.25, 0.3) is 0 Å². The molecule has 0 unspecified atom stereocenters. The first-order valence-electron chi connectivity index (χ1n) is 9.19. The van der Waals surface area contributed by atoms with E-state index < -0.39 is 11.6 Å². The zero-order valence-electron chi connectivity index (χ0n) is 15.0. The van der Waals surface area contributed by atoms with E-state index >= 15 is 0 Å². The van der Waals surface area contributed by atoms with Crippen molar-refractivity contribution >= 4 is 23.2 Å². The number of hydrogen-bond acceptors (Lipinski definition) is 4. The molecule has 1 aromatic heterocycles. The summed E-state index contributed by atoms with van der Waals surface area (Å²) < 4.78 is 6.14. The molecule has 138 valence electrons. The molecule has 25 heavy (non-hydrogen) atoms. The molecule has 2 aliphatic rings. The molecule has 0 atom stereocenters. The predicted octanol–water partition coefficient (Wildman–Crippen LogP) is 3.66. The van der Waals surface area contributed by atoms with Crippen LogP contribution in [0.2, 0.25) is 0 Å². The Kier molecular flexibility index (Phi) is 5.49. The van der Waals surface area contributed by atoms with Gasteiger partial charge in [-0.3, -0.25) is 4.79 Å². The van der Waals surface area contributed by atoms with E-state index in [9.17, 15) is 14.7 Å². The van der Waals surface area contributed by atoms with Crippen molar-refractivity contribution in [1.82, 2.24) is 4.90 Å². The molecule has 0 aromatic carbocycles. The zero-order valence-corrected chi connectivity index (χ0v) is 15.9. The van der Waals surface area contributed by atoms with E-state index in [1.165, 1.54) is 11.3 Å². The van der Waals surface area contributed by atoms with E-state index in [0.717, 1.165) is 42.5 Å². The highest BCUT2D eigenvalue weighted by Crippen LogP contribution is 2.44. The number of amides is 1. The van der Waals surface area contributed by atoms with Gasteiger partial charge in [0.2, 0.25) is 5.91 Å². The third kappa shape index (κ3) is 3.90. The van der Waals surface area contributed by atoms with Gasteiger partial charge in [0.15, 0.2) is 0 Å². The van der Waals surface area contributed by atoms with Crippen molar-refractivity contribution in [2.75, 3.05) is 19.7 Å². The number of carbonyl (C=O) groups excluding carboxylic acids is 1. The molecular weight excluding hydrogens is 338 g/mol. The molecule has 3 rings (SSSR count). The Bertz CT molecular complexity index is 644. The van der Waals surface area contributed by atoms with Crippen LogP contribution in [0, 0.1) is 5.92 Å². The Morgan fingerprint density at radius 2 is 2.08 bits per heavy atom. The molecule has 6 heteroatoms. The highest BCUT2D eigenvalue weighted by atomic mass is 32.1. The Labute approximate surface area is 153 Å². The molecule has 1 spiro atoms. The van der Waals surface area contributed by atoms with Crippen molar-refractivity contribution in [3.63, 3.8) is 0 Å². The fourth-order valence-electron chi connectivity index (χ4n) is 3.87. The number of fused-ring (bicyclic) bond motifs is 2. The summed E-state index contributed by atoms with van der Waals surface area (Å²) in [6, 6.07) is 1.79. The van der Waals surface area contributed by atoms with Crippen molar-refractivity contribution in [3.8, 4) is 0 Å². The van der Waals surface area contributed by atoms with Gasteiger partial charge in [-0.25, -0.2) is 4.79 Å². The summed E-state index contributed by atoms with van der Waals surface area (Å²) in [5.74, 6) is 0.00361. The van der Waals surface area contributed by atoms with Crippen molar-refractivity contribution in [2.24, 2.45) is 5.92 Å². The van der Waals surface area contributed by atoms with Crippen LogP contribution < -0.4 is 0 Å². The van der Waals surface area contributed by atoms with Gasteiger partial charge in [0.1, 0.15) is 4.88 Å². The van der Waals surface area contributed by atoms with Gasteiger partial charge in [-0.15, -0.1) is 11.3 Å².